The number of halogens is 2. The summed E-state index contributed by atoms with van der Waals surface area (Å²) in [4.78, 5) is 14.7. The van der Waals surface area contributed by atoms with Crippen LogP contribution in [0, 0.1) is 21.8 Å². The fourth-order valence-electron chi connectivity index (χ4n) is 2.03. The molecule has 0 aliphatic rings. The lowest BCUT2D eigenvalue weighted by Gasteiger charge is -2.15. The second kappa shape index (κ2) is 5.83. The van der Waals surface area contributed by atoms with Crippen LogP contribution in [0.15, 0.2) is 24.4 Å². The molecule has 0 aliphatic heterocycles. The smallest absolute Gasteiger partial charge is 0.258 e. The van der Waals surface area contributed by atoms with E-state index in [2.05, 4.69) is 20.9 Å². The van der Waals surface area contributed by atoms with Crippen molar-refractivity contribution >= 4 is 32.5 Å². The van der Waals surface area contributed by atoms with Crippen molar-refractivity contribution < 1.29 is 9.31 Å². The molecule has 0 fully saturated rings. The predicted molar refractivity (Wildman–Crippen MR) is 79.6 cm³/mol. The van der Waals surface area contributed by atoms with Gasteiger partial charge in [-0.2, -0.15) is 0 Å². The predicted octanol–water partition coefficient (Wildman–Crippen LogP) is 4.24. The maximum Gasteiger partial charge on any atom is 0.281 e. The maximum absolute atomic E-state index is 14.2. The molecule has 0 radical (unpaired) electrons. The Balaban J connectivity index is 2.64. The van der Waals surface area contributed by atoms with Crippen molar-refractivity contribution in [3.63, 3.8) is 0 Å². The lowest BCUT2D eigenvalue weighted by Crippen LogP contribution is -2.12. The van der Waals surface area contributed by atoms with Gasteiger partial charge < -0.3 is 0 Å². The highest BCUT2D eigenvalue weighted by Crippen LogP contribution is 2.31. The Labute approximate surface area is 124 Å². The van der Waals surface area contributed by atoms with Gasteiger partial charge in [-0.3, -0.25) is 15.1 Å². The van der Waals surface area contributed by atoms with Crippen molar-refractivity contribution in [3.8, 4) is 0 Å². The van der Waals surface area contributed by atoms with Gasteiger partial charge >= 0.3 is 0 Å². The summed E-state index contributed by atoms with van der Waals surface area (Å²) in [6, 6.07) is 4.20. The summed E-state index contributed by atoms with van der Waals surface area (Å²) in [5.74, 6) is -0.253. The van der Waals surface area contributed by atoms with Crippen LogP contribution < -0.4 is 0 Å². The van der Waals surface area contributed by atoms with Crippen LogP contribution in [0.1, 0.15) is 19.4 Å². The second-order valence-corrected chi connectivity index (χ2v) is 6.15. The van der Waals surface area contributed by atoms with Gasteiger partial charge in [0, 0.05) is 16.6 Å². The topological polar surface area (TPSA) is 56.0 Å². The molecule has 2 rings (SSSR count). The summed E-state index contributed by atoms with van der Waals surface area (Å²) in [5, 5.41) is 11.4. The van der Waals surface area contributed by atoms with Gasteiger partial charge in [-0.1, -0.05) is 29.8 Å². The van der Waals surface area contributed by atoms with Crippen molar-refractivity contribution in [1.82, 2.24) is 4.98 Å². The molecule has 0 aliphatic carbocycles. The Kier molecular flexibility index (Phi) is 4.32. The van der Waals surface area contributed by atoms with Crippen molar-refractivity contribution in [3.05, 3.63) is 45.9 Å². The van der Waals surface area contributed by atoms with Crippen molar-refractivity contribution in [2.75, 3.05) is 0 Å². The number of non-ortho nitro benzene ring substituents is 1. The zero-order valence-electron chi connectivity index (χ0n) is 11.1. The van der Waals surface area contributed by atoms with E-state index in [1.54, 1.807) is 12.1 Å². The molecular weight excluding hydrogens is 327 g/mol. The molecule has 4 nitrogen and oxygen atoms in total. The fourth-order valence-corrected chi connectivity index (χ4v) is 2.35. The summed E-state index contributed by atoms with van der Waals surface area (Å²) in [6.45, 7) is 4.05. The minimum Gasteiger partial charge on any atom is -0.258 e. The van der Waals surface area contributed by atoms with Crippen LogP contribution in [0.25, 0.3) is 10.9 Å². The number of nitrogens with zero attached hydrogens (tertiary/aromatic N) is 2. The number of rotatable bonds is 4. The van der Waals surface area contributed by atoms with Crippen LogP contribution in [0.3, 0.4) is 0 Å². The van der Waals surface area contributed by atoms with E-state index in [9.17, 15) is 14.5 Å². The average molecular weight is 341 g/mol. The standard InChI is InChI=1S/C14H14BrFN2O2/c1-8(2)11(15)6-10-12(16)7-13(18(19)20)9-4-3-5-17-14(9)10/h3-5,7-8,11H,6H2,1-2H3. The van der Waals surface area contributed by atoms with E-state index in [1.165, 1.54) is 6.20 Å². The number of hydrogen-bond acceptors (Lipinski definition) is 3. The van der Waals surface area contributed by atoms with Gasteiger partial charge in [-0.15, -0.1) is 0 Å². The molecular formula is C14H14BrFN2O2. The van der Waals surface area contributed by atoms with Crippen molar-refractivity contribution in [2.45, 2.75) is 25.1 Å². The summed E-state index contributed by atoms with van der Waals surface area (Å²) < 4.78 is 14.2. The van der Waals surface area contributed by atoms with Gasteiger partial charge in [0.1, 0.15) is 5.82 Å². The molecule has 1 heterocycles. The van der Waals surface area contributed by atoms with Crippen LogP contribution >= 0.6 is 15.9 Å². The van der Waals surface area contributed by atoms with Crippen LogP contribution in [-0.2, 0) is 6.42 Å². The van der Waals surface area contributed by atoms with Crippen LogP contribution in [0.4, 0.5) is 10.1 Å². The molecule has 0 amide bonds. The van der Waals surface area contributed by atoms with E-state index in [0.717, 1.165) is 6.07 Å². The van der Waals surface area contributed by atoms with E-state index in [1.807, 2.05) is 13.8 Å². The molecule has 1 atom stereocenters. The fraction of sp³-hybridized carbons (Fsp3) is 0.357. The van der Waals surface area contributed by atoms with E-state index < -0.39 is 10.7 Å². The van der Waals surface area contributed by atoms with Gasteiger partial charge in [-0.25, -0.2) is 4.39 Å². The molecule has 1 unspecified atom stereocenters. The largest absolute Gasteiger partial charge is 0.281 e. The molecule has 2 aromatic rings. The van der Waals surface area contributed by atoms with E-state index in [4.69, 9.17) is 0 Å². The lowest BCUT2D eigenvalue weighted by molar-refractivity contribution is -0.383. The molecule has 1 aromatic heterocycles. The minimum atomic E-state index is -0.578. The summed E-state index contributed by atoms with van der Waals surface area (Å²) in [5.41, 5.74) is 0.538. The van der Waals surface area contributed by atoms with Crippen molar-refractivity contribution in [2.24, 2.45) is 5.92 Å². The third-order valence-corrected chi connectivity index (χ3v) is 4.62. The maximum atomic E-state index is 14.2. The molecule has 0 N–H and O–H groups in total. The molecule has 0 spiro atoms. The molecule has 0 saturated heterocycles. The molecule has 20 heavy (non-hydrogen) atoms. The zero-order chi connectivity index (χ0) is 14.9. The highest BCUT2D eigenvalue weighted by Gasteiger charge is 2.22. The number of pyridine rings is 1. The number of hydrogen-bond donors (Lipinski definition) is 0. The zero-order valence-corrected chi connectivity index (χ0v) is 12.7. The van der Waals surface area contributed by atoms with Gasteiger partial charge in [-0.05, 0) is 24.5 Å². The highest BCUT2D eigenvalue weighted by molar-refractivity contribution is 9.09. The highest BCUT2D eigenvalue weighted by atomic mass is 79.9. The van der Waals surface area contributed by atoms with E-state index >= 15 is 0 Å². The first-order valence-electron chi connectivity index (χ1n) is 6.26. The Morgan fingerprint density at radius 2 is 2.20 bits per heavy atom. The third kappa shape index (κ3) is 2.80. The lowest BCUT2D eigenvalue weighted by atomic mass is 9.99. The minimum absolute atomic E-state index is 0.0867. The number of alkyl halides is 1. The molecule has 1 aromatic carbocycles. The Morgan fingerprint density at radius 1 is 1.50 bits per heavy atom. The quantitative estimate of drug-likeness (QED) is 0.475. The van der Waals surface area contributed by atoms with Gasteiger partial charge in [0.05, 0.1) is 21.9 Å². The normalized spacial score (nSPS) is 12.8. The number of fused-ring (bicyclic) bond motifs is 1. The van der Waals surface area contributed by atoms with Crippen LogP contribution in [-0.4, -0.2) is 14.7 Å². The van der Waals surface area contributed by atoms with E-state index in [0.29, 0.717) is 28.8 Å². The van der Waals surface area contributed by atoms with E-state index in [-0.39, 0.29) is 10.5 Å². The number of nitro benzene ring substituents is 1. The molecule has 106 valence electrons. The van der Waals surface area contributed by atoms with Crippen LogP contribution in [0.5, 0.6) is 0 Å². The summed E-state index contributed by atoms with van der Waals surface area (Å²) in [6.07, 6.45) is 1.96. The Bertz CT molecular complexity index is 661. The van der Waals surface area contributed by atoms with Crippen LogP contribution in [0.2, 0.25) is 0 Å². The molecule has 0 bridgehead atoms. The molecule has 0 saturated carbocycles. The molecule has 6 heteroatoms. The summed E-state index contributed by atoms with van der Waals surface area (Å²) >= 11 is 3.52. The van der Waals surface area contributed by atoms with Gasteiger partial charge in [0.25, 0.3) is 5.69 Å². The third-order valence-electron chi connectivity index (χ3n) is 3.24. The van der Waals surface area contributed by atoms with Gasteiger partial charge in [0.15, 0.2) is 0 Å². The monoisotopic (exact) mass is 340 g/mol. The Morgan fingerprint density at radius 3 is 2.80 bits per heavy atom. The number of nitro groups is 1. The van der Waals surface area contributed by atoms with Crippen molar-refractivity contribution in [1.29, 1.82) is 0 Å². The number of benzene rings is 1. The first-order valence-corrected chi connectivity index (χ1v) is 7.18. The second-order valence-electron chi connectivity index (χ2n) is 4.98. The first kappa shape index (κ1) is 14.8. The SMILES string of the molecule is CC(C)C(Br)Cc1c(F)cc([N+](=O)[O-])c2cccnc12. The van der Waals surface area contributed by atoms with Gasteiger partial charge in [0.2, 0.25) is 0 Å². The average Bonchev–Trinajstić information content (AvgIpc) is 2.40. The first-order chi connectivity index (χ1) is 9.41. The number of aromatic nitrogens is 1. The summed E-state index contributed by atoms with van der Waals surface area (Å²) in [7, 11) is 0. The Hall–Kier alpha value is -1.56.